The van der Waals surface area contributed by atoms with Crippen molar-refractivity contribution in [2.45, 2.75) is 77.7 Å². The zero-order valence-corrected chi connectivity index (χ0v) is 13.6. The maximum Gasteiger partial charge on any atom is 0.345 e. The Hall–Kier alpha value is -1.59. The predicted molar refractivity (Wildman–Crippen MR) is 81.4 cm³/mol. The summed E-state index contributed by atoms with van der Waals surface area (Å²) in [5.74, 6) is -2.56. The summed E-state index contributed by atoms with van der Waals surface area (Å²) >= 11 is 0. The zero-order valence-electron chi connectivity index (χ0n) is 13.6. The first kappa shape index (κ1) is 20.4. The molecule has 0 aromatic rings. The summed E-state index contributed by atoms with van der Waals surface area (Å²) in [6.45, 7) is 4.36. The van der Waals surface area contributed by atoms with Crippen molar-refractivity contribution in [3.05, 3.63) is 0 Å². The van der Waals surface area contributed by atoms with Crippen molar-refractivity contribution in [1.29, 1.82) is 0 Å². The Bertz CT molecular complexity index is 340. The van der Waals surface area contributed by atoms with Crippen LogP contribution in [0.4, 0.5) is 0 Å². The van der Waals surface area contributed by atoms with E-state index in [0.717, 1.165) is 38.5 Å². The number of aliphatic carboxylic acids is 1. The minimum atomic E-state index is -1.46. The van der Waals surface area contributed by atoms with Gasteiger partial charge >= 0.3 is 17.9 Å². The molecule has 0 aromatic heterocycles. The van der Waals surface area contributed by atoms with Gasteiger partial charge < -0.3 is 14.6 Å². The largest absolute Gasteiger partial charge is 0.478 e. The first-order valence-electron chi connectivity index (χ1n) is 8.09. The van der Waals surface area contributed by atoms with E-state index in [2.05, 4.69) is 6.92 Å². The van der Waals surface area contributed by atoms with E-state index in [1.54, 1.807) is 0 Å². The lowest BCUT2D eigenvalue weighted by Gasteiger charge is -2.13. The van der Waals surface area contributed by atoms with E-state index in [0.29, 0.717) is 6.42 Å². The van der Waals surface area contributed by atoms with Crippen molar-refractivity contribution in [2.24, 2.45) is 0 Å². The Kier molecular flexibility index (Phi) is 12.2. The second-order valence-electron chi connectivity index (χ2n) is 5.26. The van der Waals surface area contributed by atoms with Gasteiger partial charge in [0.15, 0.2) is 0 Å². The van der Waals surface area contributed by atoms with Crippen molar-refractivity contribution in [1.82, 2.24) is 0 Å². The molecule has 0 aliphatic rings. The molecule has 0 radical (unpaired) electrons. The number of hydrogen-bond acceptors (Lipinski definition) is 5. The number of esters is 2. The van der Waals surface area contributed by atoms with Gasteiger partial charge in [0.25, 0.3) is 0 Å². The van der Waals surface area contributed by atoms with Crippen molar-refractivity contribution in [3.63, 3.8) is 0 Å². The SMILES string of the molecule is CCCCCCOC(=O)CC(OC(=O)CCCCC)C(=O)O. The number of ether oxygens (including phenoxy) is 2. The van der Waals surface area contributed by atoms with E-state index in [9.17, 15) is 14.4 Å². The van der Waals surface area contributed by atoms with Crippen LogP contribution in [-0.2, 0) is 23.9 Å². The molecule has 22 heavy (non-hydrogen) atoms. The Labute approximate surface area is 132 Å². The van der Waals surface area contributed by atoms with Gasteiger partial charge in [0.1, 0.15) is 0 Å². The van der Waals surface area contributed by atoms with Crippen LogP contribution in [0, 0.1) is 0 Å². The summed E-state index contributed by atoms with van der Waals surface area (Å²) in [4.78, 5) is 34.1. The fourth-order valence-corrected chi connectivity index (χ4v) is 1.84. The minimum absolute atomic E-state index is 0.170. The molecular formula is C16H28O6. The molecule has 128 valence electrons. The topological polar surface area (TPSA) is 89.9 Å². The van der Waals surface area contributed by atoms with E-state index in [4.69, 9.17) is 14.6 Å². The molecule has 1 atom stereocenters. The third kappa shape index (κ3) is 11.1. The molecule has 1 unspecified atom stereocenters. The molecule has 6 heteroatoms. The first-order chi connectivity index (χ1) is 10.5. The first-order valence-corrected chi connectivity index (χ1v) is 8.09. The fourth-order valence-electron chi connectivity index (χ4n) is 1.84. The smallest absolute Gasteiger partial charge is 0.345 e. The van der Waals surface area contributed by atoms with E-state index in [1.165, 1.54) is 0 Å². The van der Waals surface area contributed by atoms with Crippen LogP contribution in [0.1, 0.15) is 71.6 Å². The molecule has 0 aromatic carbocycles. The van der Waals surface area contributed by atoms with Crippen LogP contribution in [-0.4, -0.2) is 35.7 Å². The summed E-state index contributed by atoms with van der Waals surface area (Å²) in [6.07, 6.45) is 4.65. The van der Waals surface area contributed by atoms with E-state index < -0.39 is 30.4 Å². The van der Waals surface area contributed by atoms with Crippen molar-refractivity contribution in [3.8, 4) is 0 Å². The van der Waals surface area contributed by atoms with Crippen molar-refractivity contribution in [2.75, 3.05) is 6.61 Å². The zero-order chi connectivity index (χ0) is 16.8. The number of carboxylic acid groups (broad SMARTS) is 1. The molecular weight excluding hydrogens is 288 g/mol. The van der Waals surface area contributed by atoms with Crippen LogP contribution >= 0.6 is 0 Å². The van der Waals surface area contributed by atoms with Crippen LogP contribution in [0.2, 0.25) is 0 Å². The highest BCUT2D eigenvalue weighted by Crippen LogP contribution is 2.07. The average Bonchev–Trinajstić information content (AvgIpc) is 2.46. The second-order valence-corrected chi connectivity index (χ2v) is 5.26. The van der Waals surface area contributed by atoms with Gasteiger partial charge in [0.2, 0.25) is 6.10 Å². The quantitative estimate of drug-likeness (QED) is 0.415. The highest BCUT2D eigenvalue weighted by atomic mass is 16.6. The molecule has 0 aliphatic carbocycles. The predicted octanol–water partition coefficient (Wildman–Crippen LogP) is 3.08. The van der Waals surface area contributed by atoms with Crippen LogP contribution in [0.5, 0.6) is 0 Å². The summed E-state index contributed by atoms with van der Waals surface area (Å²) < 4.78 is 9.79. The number of carbonyl (C=O) groups excluding carboxylic acids is 2. The molecule has 0 rings (SSSR count). The lowest BCUT2D eigenvalue weighted by atomic mass is 10.2. The van der Waals surface area contributed by atoms with Gasteiger partial charge in [-0.05, 0) is 12.8 Å². The Morgan fingerprint density at radius 3 is 2.14 bits per heavy atom. The number of unbranched alkanes of at least 4 members (excludes halogenated alkanes) is 5. The van der Waals surface area contributed by atoms with Gasteiger partial charge in [-0.2, -0.15) is 0 Å². The molecule has 0 fully saturated rings. The maximum atomic E-state index is 11.6. The highest BCUT2D eigenvalue weighted by molar-refractivity contribution is 5.83. The third-order valence-electron chi connectivity index (χ3n) is 3.15. The van der Waals surface area contributed by atoms with E-state index >= 15 is 0 Å². The Morgan fingerprint density at radius 1 is 0.909 bits per heavy atom. The number of carboxylic acids is 1. The second kappa shape index (κ2) is 13.1. The van der Waals surface area contributed by atoms with Gasteiger partial charge in [-0.1, -0.05) is 46.0 Å². The maximum absolute atomic E-state index is 11.6. The molecule has 1 N–H and O–H groups in total. The van der Waals surface area contributed by atoms with Gasteiger partial charge in [0, 0.05) is 6.42 Å². The number of hydrogen-bond donors (Lipinski definition) is 1. The molecule has 0 spiro atoms. The Balaban J connectivity index is 4.04. The van der Waals surface area contributed by atoms with Crippen LogP contribution in [0.25, 0.3) is 0 Å². The third-order valence-corrected chi connectivity index (χ3v) is 3.15. The average molecular weight is 316 g/mol. The molecule has 0 saturated carbocycles. The molecule has 0 heterocycles. The van der Waals surface area contributed by atoms with Gasteiger partial charge in [-0.3, -0.25) is 9.59 Å². The van der Waals surface area contributed by atoms with E-state index in [1.807, 2.05) is 6.92 Å². The number of rotatable bonds is 13. The molecule has 0 amide bonds. The minimum Gasteiger partial charge on any atom is -0.478 e. The van der Waals surface area contributed by atoms with Gasteiger partial charge in [-0.25, -0.2) is 4.79 Å². The molecule has 0 saturated heterocycles. The Morgan fingerprint density at radius 2 is 1.55 bits per heavy atom. The molecule has 0 aliphatic heterocycles. The van der Waals surface area contributed by atoms with Crippen LogP contribution in [0.3, 0.4) is 0 Å². The fraction of sp³-hybridized carbons (Fsp3) is 0.812. The normalized spacial score (nSPS) is 11.7. The van der Waals surface area contributed by atoms with Crippen molar-refractivity contribution >= 4 is 17.9 Å². The van der Waals surface area contributed by atoms with Crippen LogP contribution in [0.15, 0.2) is 0 Å². The lowest BCUT2D eigenvalue weighted by Crippen LogP contribution is -2.30. The lowest BCUT2D eigenvalue weighted by molar-refractivity contribution is -0.168. The van der Waals surface area contributed by atoms with Gasteiger partial charge in [-0.15, -0.1) is 0 Å². The standard InChI is InChI=1S/C16H28O6/c1-3-5-7-9-11-21-15(18)12-13(16(19)20)22-14(17)10-8-6-4-2/h13H,3-12H2,1-2H3,(H,19,20). The van der Waals surface area contributed by atoms with Crippen LogP contribution < -0.4 is 0 Å². The summed E-state index contributed by atoms with van der Waals surface area (Å²) in [5.41, 5.74) is 0. The number of carbonyl (C=O) groups is 3. The summed E-state index contributed by atoms with van der Waals surface area (Å²) in [6, 6.07) is 0. The molecule has 0 bridgehead atoms. The monoisotopic (exact) mass is 316 g/mol. The highest BCUT2D eigenvalue weighted by Gasteiger charge is 2.26. The van der Waals surface area contributed by atoms with E-state index in [-0.39, 0.29) is 13.0 Å². The summed E-state index contributed by atoms with van der Waals surface area (Å²) in [5, 5.41) is 9.00. The molecule has 6 nitrogen and oxygen atoms in total. The van der Waals surface area contributed by atoms with Crippen molar-refractivity contribution < 1.29 is 29.0 Å². The summed E-state index contributed by atoms with van der Waals surface area (Å²) in [7, 11) is 0. The van der Waals surface area contributed by atoms with Gasteiger partial charge in [0.05, 0.1) is 13.0 Å².